The quantitative estimate of drug-likeness (QED) is 0.434. The standard InChI is InChI=1S/C11H18N2O2/c12-6-2-1-3-9(13)8-4-5-10(14)11(15)7-8/h4-5,7,9,14-15H,1-3,6,12-13H2/t9-/m1/s1. The summed E-state index contributed by atoms with van der Waals surface area (Å²) in [6.07, 6.45) is 2.76. The summed E-state index contributed by atoms with van der Waals surface area (Å²) >= 11 is 0. The second-order valence-corrected chi connectivity index (χ2v) is 3.64. The van der Waals surface area contributed by atoms with Crippen molar-refractivity contribution < 1.29 is 10.2 Å². The van der Waals surface area contributed by atoms with Crippen LogP contribution in [-0.4, -0.2) is 16.8 Å². The van der Waals surface area contributed by atoms with Crippen molar-refractivity contribution in [3.63, 3.8) is 0 Å². The van der Waals surface area contributed by atoms with Crippen molar-refractivity contribution in [1.29, 1.82) is 0 Å². The van der Waals surface area contributed by atoms with Crippen LogP contribution < -0.4 is 11.5 Å². The van der Waals surface area contributed by atoms with Gasteiger partial charge in [-0.25, -0.2) is 0 Å². The van der Waals surface area contributed by atoms with E-state index < -0.39 is 0 Å². The minimum Gasteiger partial charge on any atom is -0.504 e. The third-order valence-electron chi connectivity index (χ3n) is 2.40. The van der Waals surface area contributed by atoms with Crippen molar-refractivity contribution in [3.8, 4) is 11.5 Å². The van der Waals surface area contributed by atoms with E-state index in [4.69, 9.17) is 16.6 Å². The Morgan fingerprint density at radius 1 is 1.13 bits per heavy atom. The number of aromatic hydroxyl groups is 2. The predicted molar refractivity (Wildman–Crippen MR) is 59.6 cm³/mol. The normalized spacial score (nSPS) is 12.7. The van der Waals surface area contributed by atoms with Crippen molar-refractivity contribution in [2.45, 2.75) is 25.3 Å². The molecule has 1 aromatic rings. The van der Waals surface area contributed by atoms with E-state index in [2.05, 4.69) is 0 Å². The Balaban J connectivity index is 2.57. The monoisotopic (exact) mass is 210 g/mol. The minimum absolute atomic E-state index is 0.108. The lowest BCUT2D eigenvalue weighted by Crippen LogP contribution is -2.10. The molecule has 1 rings (SSSR count). The molecule has 0 heterocycles. The van der Waals surface area contributed by atoms with Crippen molar-refractivity contribution in [3.05, 3.63) is 23.8 Å². The molecule has 15 heavy (non-hydrogen) atoms. The van der Waals surface area contributed by atoms with Crippen LogP contribution >= 0.6 is 0 Å². The molecule has 1 aromatic carbocycles. The Morgan fingerprint density at radius 2 is 1.87 bits per heavy atom. The summed E-state index contributed by atoms with van der Waals surface area (Å²) in [5, 5.41) is 18.4. The number of unbranched alkanes of at least 4 members (excludes halogenated alkanes) is 1. The first-order valence-corrected chi connectivity index (χ1v) is 5.12. The molecule has 0 unspecified atom stereocenters. The van der Waals surface area contributed by atoms with Crippen LogP contribution in [0.15, 0.2) is 18.2 Å². The van der Waals surface area contributed by atoms with Gasteiger partial charge in [0.1, 0.15) is 0 Å². The second kappa shape index (κ2) is 5.58. The van der Waals surface area contributed by atoms with Crippen molar-refractivity contribution in [2.24, 2.45) is 11.5 Å². The van der Waals surface area contributed by atoms with Gasteiger partial charge in [-0.15, -0.1) is 0 Å². The molecule has 0 aliphatic heterocycles. The van der Waals surface area contributed by atoms with Gasteiger partial charge in [-0.1, -0.05) is 12.5 Å². The maximum atomic E-state index is 9.30. The summed E-state index contributed by atoms with van der Waals surface area (Å²) in [5.41, 5.74) is 12.1. The molecule has 0 fully saturated rings. The van der Waals surface area contributed by atoms with E-state index in [1.807, 2.05) is 0 Å². The first-order valence-electron chi connectivity index (χ1n) is 5.12. The van der Waals surface area contributed by atoms with E-state index in [0.29, 0.717) is 6.54 Å². The number of phenols is 2. The van der Waals surface area contributed by atoms with Crippen LogP contribution in [0.25, 0.3) is 0 Å². The summed E-state index contributed by atoms with van der Waals surface area (Å²) in [5.74, 6) is -0.241. The molecule has 0 saturated carbocycles. The number of nitrogens with two attached hydrogens (primary N) is 2. The average Bonchev–Trinajstić information content (AvgIpc) is 2.22. The Hall–Kier alpha value is -1.26. The lowest BCUT2D eigenvalue weighted by atomic mass is 10.0. The summed E-state index contributed by atoms with van der Waals surface area (Å²) in [6.45, 7) is 0.674. The van der Waals surface area contributed by atoms with Gasteiger partial charge in [0.15, 0.2) is 11.5 Å². The van der Waals surface area contributed by atoms with Crippen molar-refractivity contribution in [1.82, 2.24) is 0 Å². The van der Waals surface area contributed by atoms with E-state index in [1.165, 1.54) is 12.1 Å². The van der Waals surface area contributed by atoms with Crippen LogP contribution in [0.1, 0.15) is 30.9 Å². The number of phenolic OH excluding ortho intramolecular Hbond substituents is 2. The lowest BCUT2D eigenvalue weighted by molar-refractivity contribution is 0.402. The van der Waals surface area contributed by atoms with Gasteiger partial charge in [-0.05, 0) is 37.1 Å². The highest BCUT2D eigenvalue weighted by Crippen LogP contribution is 2.28. The molecule has 0 saturated heterocycles. The molecule has 1 atom stereocenters. The van der Waals surface area contributed by atoms with E-state index in [0.717, 1.165) is 24.8 Å². The summed E-state index contributed by atoms with van der Waals surface area (Å²) < 4.78 is 0. The molecule has 0 radical (unpaired) electrons. The van der Waals surface area contributed by atoms with E-state index in [-0.39, 0.29) is 17.5 Å². The lowest BCUT2D eigenvalue weighted by Gasteiger charge is -2.12. The largest absolute Gasteiger partial charge is 0.504 e. The Bertz CT molecular complexity index is 315. The van der Waals surface area contributed by atoms with Crippen LogP contribution in [0.2, 0.25) is 0 Å². The smallest absolute Gasteiger partial charge is 0.157 e. The first-order chi connectivity index (χ1) is 7.15. The summed E-state index contributed by atoms with van der Waals surface area (Å²) in [6, 6.07) is 4.57. The molecule has 4 heteroatoms. The van der Waals surface area contributed by atoms with Crippen LogP contribution in [-0.2, 0) is 0 Å². The molecule has 0 bridgehead atoms. The number of benzene rings is 1. The zero-order valence-corrected chi connectivity index (χ0v) is 8.69. The van der Waals surface area contributed by atoms with Gasteiger partial charge in [0, 0.05) is 6.04 Å². The van der Waals surface area contributed by atoms with Crippen LogP contribution in [0, 0.1) is 0 Å². The number of hydrogen-bond donors (Lipinski definition) is 4. The van der Waals surface area contributed by atoms with Gasteiger partial charge in [-0.3, -0.25) is 0 Å². The summed E-state index contributed by atoms with van der Waals surface area (Å²) in [7, 11) is 0. The molecular formula is C11H18N2O2. The third kappa shape index (κ3) is 3.42. The molecule has 0 aromatic heterocycles. The number of hydrogen-bond acceptors (Lipinski definition) is 4. The Morgan fingerprint density at radius 3 is 2.47 bits per heavy atom. The zero-order chi connectivity index (χ0) is 11.3. The molecule has 0 amide bonds. The Labute approximate surface area is 89.5 Å². The topological polar surface area (TPSA) is 92.5 Å². The predicted octanol–water partition coefficient (Wildman–Crippen LogP) is 1.23. The molecule has 4 nitrogen and oxygen atoms in total. The fourth-order valence-electron chi connectivity index (χ4n) is 1.45. The van der Waals surface area contributed by atoms with Crippen molar-refractivity contribution >= 4 is 0 Å². The van der Waals surface area contributed by atoms with Crippen LogP contribution in [0.5, 0.6) is 11.5 Å². The third-order valence-corrected chi connectivity index (χ3v) is 2.40. The van der Waals surface area contributed by atoms with Gasteiger partial charge in [0.25, 0.3) is 0 Å². The fourth-order valence-corrected chi connectivity index (χ4v) is 1.45. The first kappa shape index (κ1) is 11.8. The molecule has 0 spiro atoms. The second-order valence-electron chi connectivity index (χ2n) is 3.64. The van der Waals surface area contributed by atoms with E-state index >= 15 is 0 Å². The summed E-state index contributed by atoms with van der Waals surface area (Å²) in [4.78, 5) is 0. The van der Waals surface area contributed by atoms with E-state index in [1.54, 1.807) is 6.07 Å². The highest BCUT2D eigenvalue weighted by Gasteiger charge is 2.08. The fraction of sp³-hybridized carbons (Fsp3) is 0.455. The molecule has 0 aliphatic carbocycles. The molecule has 6 N–H and O–H groups in total. The van der Waals surface area contributed by atoms with E-state index in [9.17, 15) is 5.11 Å². The average molecular weight is 210 g/mol. The maximum absolute atomic E-state index is 9.30. The maximum Gasteiger partial charge on any atom is 0.157 e. The highest BCUT2D eigenvalue weighted by molar-refractivity contribution is 5.41. The number of rotatable bonds is 5. The van der Waals surface area contributed by atoms with Crippen molar-refractivity contribution in [2.75, 3.05) is 6.54 Å². The zero-order valence-electron chi connectivity index (χ0n) is 8.69. The molecule has 0 aliphatic rings. The SMILES string of the molecule is NCCCC[C@@H](N)c1ccc(O)c(O)c1. The van der Waals surface area contributed by atoms with Gasteiger partial charge in [-0.2, -0.15) is 0 Å². The van der Waals surface area contributed by atoms with Gasteiger partial charge < -0.3 is 21.7 Å². The van der Waals surface area contributed by atoms with Gasteiger partial charge in [0.05, 0.1) is 0 Å². The Kier molecular flexibility index (Phi) is 4.39. The molecule has 84 valence electrons. The van der Waals surface area contributed by atoms with Crippen LogP contribution in [0.4, 0.5) is 0 Å². The van der Waals surface area contributed by atoms with Crippen LogP contribution in [0.3, 0.4) is 0 Å². The minimum atomic E-state index is -0.123. The van der Waals surface area contributed by atoms with Gasteiger partial charge in [0.2, 0.25) is 0 Å². The molecular weight excluding hydrogens is 192 g/mol. The highest BCUT2D eigenvalue weighted by atomic mass is 16.3. The van der Waals surface area contributed by atoms with Gasteiger partial charge >= 0.3 is 0 Å².